The number of piperazine rings is 1. The first kappa shape index (κ1) is 21.3. The van der Waals surface area contributed by atoms with E-state index in [0.29, 0.717) is 6.54 Å². The second-order valence-electron chi connectivity index (χ2n) is 7.70. The predicted octanol–water partition coefficient (Wildman–Crippen LogP) is 2.76. The van der Waals surface area contributed by atoms with E-state index in [1.165, 1.54) is 13.2 Å². The maximum Gasteiger partial charge on any atom is 0.242 e. The van der Waals surface area contributed by atoms with Crippen molar-refractivity contribution in [3.8, 4) is 5.75 Å². The van der Waals surface area contributed by atoms with Gasteiger partial charge < -0.3 is 10.1 Å². The number of carbonyl (C=O) groups excluding carboxylic acids is 1. The van der Waals surface area contributed by atoms with Crippen molar-refractivity contribution in [3.05, 3.63) is 41.8 Å². The maximum absolute atomic E-state index is 13.9. The molecule has 0 bridgehead atoms. The van der Waals surface area contributed by atoms with Crippen molar-refractivity contribution in [2.45, 2.75) is 39.4 Å². The Labute approximate surface area is 171 Å². The largest absolute Gasteiger partial charge is 0.494 e. The average molecular weight is 404 g/mol. The van der Waals surface area contributed by atoms with E-state index in [0.717, 1.165) is 37.6 Å². The first-order valence-corrected chi connectivity index (χ1v) is 10.0. The molecule has 1 aliphatic rings. The van der Waals surface area contributed by atoms with E-state index in [-0.39, 0.29) is 29.6 Å². The van der Waals surface area contributed by atoms with Crippen LogP contribution in [0.15, 0.2) is 30.5 Å². The molecule has 2 heterocycles. The van der Waals surface area contributed by atoms with Crippen molar-refractivity contribution >= 4 is 11.7 Å². The highest BCUT2D eigenvalue weighted by atomic mass is 19.1. The van der Waals surface area contributed by atoms with Gasteiger partial charge in [0, 0.05) is 44.8 Å². The SMILES string of the molecule is COc1ccc(CN2CCN(C(C)C(=O)Nc3ccnn3C(C)C)CC2)cc1F. The van der Waals surface area contributed by atoms with Gasteiger partial charge in [0.2, 0.25) is 5.91 Å². The summed E-state index contributed by atoms with van der Waals surface area (Å²) in [6.07, 6.45) is 1.70. The number of amides is 1. The normalized spacial score (nSPS) is 16.8. The molecule has 0 aliphatic carbocycles. The topological polar surface area (TPSA) is 62.6 Å². The summed E-state index contributed by atoms with van der Waals surface area (Å²) < 4.78 is 20.7. The van der Waals surface area contributed by atoms with E-state index in [2.05, 4.69) is 20.2 Å². The Kier molecular flexibility index (Phi) is 6.87. The van der Waals surface area contributed by atoms with Gasteiger partial charge in [0.1, 0.15) is 5.82 Å². The van der Waals surface area contributed by atoms with Gasteiger partial charge in [-0.2, -0.15) is 5.10 Å². The monoisotopic (exact) mass is 403 g/mol. The standard InChI is InChI=1S/C21H30FN5O2/c1-15(2)27-20(7-8-23-27)24-21(28)16(3)26-11-9-25(10-12-26)14-17-5-6-19(29-4)18(22)13-17/h5-8,13,15-16H,9-12,14H2,1-4H3,(H,24,28). The molecule has 1 atom stereocenters. The molecule has 1 fully saturated rings. The fraction of sp³-hybridized carbons (Fsp3) is 0.524. The molecule has 8 heteroatoms. The Hall–Kier alpha value is -2.45. The minimum absolute atomic E-state index is 0.0296. The molecule has 7 nitrogen and oxygen atoms in total. The lowest BCUT2D eigenvalue weighted by Gasteiger charge is -2.37. The summed E-state index contributed by atoms with van der Waals surface area (Å²) in [5.41, 5.74) is 0.921. The van der Waals surface area contributed by atoms with Crippen LogP contribution in [-0.4, -0.2) is 64.8 Å². The molecule has 1 N–H and O–H groups in total. The third-order valence-electron chi connectivity index (χ3n) is 5.37. The molecule has 0 saturated carbocycles. The van der Waals surface area contributed by atoms with Gasteiger partial charge in [0.15, 0.2) is 11.6 Å². The summed E-state index contributed by atoms with van der Waals surface area (Å²) in [5.74, 6) is 0.613. The number of anilines is 1. The molecule has 2 aromatic rings. The second-order valence-corrected chi connectivity index (χ2v) is 7.70. The number of carbonyl (C=O) groups is 1. The minimum atomic E-state index is -0.338. The highest BCUT2D eigenvalue weighted by Gasteiger charge is 2.26. The molecule has 1 aliphatic heterocycles. The third kappa shape index (κ3) is 5.13. The van der Waals surface area contributed by atoms with Crippen molar-refractivity contribution in [1.82, 2.24) is 19.6 Å². The highest BCUT2D eigenvalue weighted by molar-refractivity contribution is 5.93. The Morgan fingerprint density at radius 1 is 1.21 bits per heavy atom. The van der Waals surface area contributed by atoms with Gasteiger partial charge in [-0.3, -0.25) is 14.6 Å². The van der Waals surface area contributed by atoms with E-state index >= 15 is 0 Å². The zero-order valence-corrected chi connectivity index (χ0v) is 17.6. The Morgan fingerprint density at radius 2 is 1.93 bits per heavy atom. The van der Waals surface area contributed by atoms with Crippen molar-refractivity contribution in [1.29, 1.82) is 0 Å². The Bertz CT molecular complexity index is 830. The summed E-state index contributed by atoms with van der Waals surface area (Å²) in [5, 5.41) is 7.24. The number of hydrogen-bond acceptors (Lipinski definition) is 5. The number of benzene rings is 1. The zero-order valence-electron chi connectivity index (χ0n) is 17.6. The van der Waals surface area contributed by atoms with Crippen LogP contribution < -0.4 is 10.1 Å². The van der Waals surface area contributed by atoms with E-state index < -0.39 is 0 Å². The van der Waals surface area contributed by atoms with Gasteiger partial charge >= 0.3 is 0 Å². The molecule has 3 rings (SSSR count). The number of ether oxygens (including phenoxy) is 1. The van der Waals surface area contributed by atoms with Crippen molar-refractivity contribution in [3.63, 3.8) is 0 Å². The van der Waals surface area contributed by atoms with Crippen LogP contribution in [0.3, 0.4) is 0 Å². The van der Waals surface area contributed by atoms with E-state index in [1.54, 1.807) is 16.9 Å². The maximum atomic E-state index is 13.9. The fourth-order valence-electron chi connectivity index (χ4n) is 3.60. The number of halogens is 1. The smallest absolute Gasteiger partial charge is 0.242 e. The molecule has 1 aromatic heterocycles. The third-order valence-corrected chi connectivity index (χ3v) is 5.37. The molecule has 29 heavy (non-hydrogen) atoms. The van der Waals surface area contributed by atoms with Gasteiger partial charge in [0.05, 0.1) is 19.3 Å². The van der Waals surface area contributed by atoms with Gasteiger partial charge in [-0.25, -0.2) is 9.07 Å². The molecule has 0 radical (unpaired) electrons. The first-order valence-electron chi connectivity index (χ1n) is 10.0. The first-order chi connectivity index (χ1) is 13.9. The molecule has 158 valence electrons. The van der Waals surface area contributed by atoms with Crippen molar-refractivity contribution in [2.75, 3.05) is 38.6 Å². The van der Waals surface area contributed by atoms with E-state index in [4.69, 9.17) is 4.74 Å². The lowest BCUT2D eigenvalue weighted by atomic mass is 10.1. The number of nitrogens with zero attached hydrogens (tertiary/aromatic N) is 4. The van der Waals surface area contributed by atoms with Crippen LogP contribution in [0.2, 0.25) is 0 Å². The molecule has 1 saturated heterocycles. The lowest BCUT2D eigenvalue weighted by Crippen LogP contribution is -2.52. The summed E-state index contributed by atoms with van der Waals surface area (Å²) >= 11 is 0. The minimum Gasteiger partial charge on any atom is -0.494 e. The van der Waals surface area contributed by atoms with Crippen LogP contribution in [0.25, 0.3) is 0 Å². The van der Waals surface area contributed by atoms with Gasteiger partial charge in [-0.1, -0.05) is 6.07 Å². The summed E-state index contributed by atoms with van der Waals surface area (Å²) in [6, 6.07) is 6.85. The number of hydrogen-bond donors (Lipinski definition) is 1. The van der Waals surface area contributed by atoms with Crippen LogP contribution in [0.5, 0.6) is 5.75 Å². The molecule has 1 aromatic carbocycles. The second kappa shape index (κ2) is 9.37. The van der Waals surface area contributed by atoms with Crippen LogP contribution in [0.1, 0.15) is 32.4 Å². The van der Waals surface area contributed by atoms with E-state index in [9.17, 15) is 9.18 Å². The van der Waals surface area contributed by atoms with E-state index in [1.807, 2.05) is 32.9 Å². The van der Waals surface area contributed by atoms with Gasteiger partial charge in [-0.15, -0.1) is 0 Å². The van der Waals surface area contributed by atoms with Gasteiger partial charge in [0.25, 0.3) is 0 Å². The number of aromatic nitrogens is 2. The number of nitrogens with one attached hydrogen (secondary N) is 1. The number of rotatable bonds is 7. The molecular weight excluding hydrogens is 373 g/mol. The zero-order chi connectivity index (χ0) is 21.0. The number of methoxy groups -OCH3 is 1. The fourth-order valence-corrected chi connectivity index (χ4v) is 3.60. The Balaban J connectivity index is 1.51. The lowest BCUT2D eigenvalue weighted by molar-refractivity contribution is -0.121. The van der Waals surface area contributed by atoms with Crippen molar-refractivity contribution in [2.24, 2.45) is 0 Å². The van der Waals surface area contributed by atoms with Crippen LogP contribution in [-0.2, 0) is 11.3 Å². The van der Waals surface area contributed by atoms with Crippen LogP contribution in [0, 0.1) is 5.82 Å². The van der Waals surface area contributed by atoms with Crippen LogP contribution in [0.4, 0.5) is 10.2 Å². The molecule has 1 amide bonds. The quantitative estimate of drug-likeness (QED) is 0.770. The summed E-state index contributed by atoms with van der Waals surface area (Å²) in [4.78, 5) is 17.1. The summed E-state index contributed by atoms with van der Waals surface area (Å²) in [6.45, 7) is 9.90. The molecular formula is C21H30FN5O2. The predicted molar refractivity (Wildman–Crippen MR) is 111 cm³/mol. The van der Waals surface area contributed by atoms with Gasteiger partial charge in [-0.05, 0) is 38.5 Å². The molecule has 1 unspecified atom stereocenters. The average Bonchev–Trinajstić information content (AvgIpc) is 3.16. The summed E-state index contributed by atoms with van der Waals surface area (Å²) in [7, 11) is 1.46. The highest BCUT2D eigenvalue weighted by Crippen LogP contribution is 2.20. The Morgan fingerprint density at radius 3 is 2.55 bits per heavy atom. The molecule has 0 spiro atoms. The van der Waals surface area contributed by atoms with Crippen LogP contribution >= 0.6 is 0 Å². The van der Waals surface area contributed by atoms with Crippen molar-refractivity contribution < 1.29 is 13.9 Å².